The van der Waals surface area contributed by atoms with Crippen LogP contribution in [0.15, 0.2) is 87.1 Å². The van der Waals surface area contributed by atoms with E-state index in [0.717, 1.165) is 28.0 Å². The predicted molar refractivity (Wildman–Crippen MR) is 153 cm³/mol. The van der Waals surface area contributed by atoms with Crippen molar-refractivity contribution in [2.75, 3.05) is 6.61 Å². The number of nitriles is 1. The molecule has 2 aromatic heterocycles. The van der Waals surface area contributed by atoms with Crippen LogP contribution in [0.4, 0.5) is 0 Å². The van der Waals surface area contributed by atoms with Crippen LogP contribution >= 0.6 is 0 Å². The number of hydrogen-bond donors (Lipinski definition) is 0. The molecule has 5 rings (SSSR count). The highest BCUT2D eigenvalue weighted by Crippen LogP contribution is 2.34. The lowest BCUT2D eigenvalue weighted by atomic mass is 9.96. The summed E-state index contributed by atoms with van der Waals surface area (Å²) in [7, 11) is 0. The van der Waals surface area contributed by atoms with Gasteiger partial charge in [-0.15, -0.1) is 0 Å². The zero-order chi connectivity index (χ0) is 27.5. The van der Waals surface area contributed by atoms with Crippen molar-refractivity contribution in [2.45, 2.75) is 33.6 Å². The van der Waals surface area contributed by atoms with E-state index in [2.05, 4.69) is 25.0 Å². The smallest absolute Gasteiger partial charge is 0.282 e. The van der Waals surface area contributed by atoms with Crippen molar-refractivity contribution in [3.63, 3.8) is 0 Å². The fraction of sp³-hybridized carbons (Fsp3) is 0.188. The number of benzene rings is 3. The second-order valence-corrected chi connectivity index (χ2v) is 9.50. The van der Waals surface area contributed by atoms with E-state index < -0.39 is 0 Å². The van der Waals surface area contributed by atoms with E-state index in [-0.39, 0.29) is 11.5 Å². The van der Waals surface area contributed by atoms with Crippen LogP contribution in [0, 0.1) is 18.3 Å². The van der Waals surface area contributed by atoms with Crippen molar-refractivity contribution in [3.05, 3.63) is 106 Å². The monoisotopic (exact) mass is 516 g/mol. The van der Waals surface area contributed by atoms with Crippen molar-refractivity contribution in [1.29, 1.82) is 5.26 Å². The summed E-state index contributed by atoms with van der Waals surface area (Å²) in [6.45, 7) is 8.73. The van der Waals surface area contributed by atoms with Crippen LogP contribution in [0.5, 0.6) is 5.75 Å². The van der Waals surface area contributed by atoms with Gasteiger partial charge in [0.15, 0.2) is 5.82 Å². The number of nitrogens with zero attached hydrogens (tertiary/aromatic N) is 4. The van der Waals surface area contributed by atoms with Gasteiger partial charge in [0.25, 0.3) is 5.56 Å². The molecule has 0 unspecified atom stereocenters. The third kappa shape index (κ3) is 5.10. The number of aromatic nitrogens is 2. The van der Waals surface area contributed by atoms with Gasteiger partial charge in [0.1, 0.15) is 17.3 Å². The molecule has 0 aliphatic rings. The summed E-state index contributed by atoms with van der Waals surface area (Å²) in [5, 5.41) is 14.1. The van der Waals surface area contributed by atoms with Gasteiger partial charge in [0.2, 0.25) is 0 Å². The lowest BCUT2D eigenvalue weighted by Crippen LogP contribution is -2.20. The van der Waals surface area contributed by atoms with E-state index in [1.54, 1.807) is 24.3 Å². The van der Waals surface area contributed by atoms with E-state index in [1.807, 2.05) is 62.4 Å². The van der Waals surface area contributed by atoms with E-state index in [0.29, 0.717) is 40.4 Å². The van der Waals surface area contributed by atoms with E-state index in [4.69, 9.17) is 19.4 Å². The largest absolute Gasteiger partial charge is 0.494 e. The molecule has 0 fully saturated rings. The maximum absolute atomic E-state index is 13.7. The fourth-order valence-corrected chi connectivity index (χ4v) is 4.48. The SMILES string of the molecule is CCOc1cc(C)c(-c2nc3ccccc3c(=O)n2N=Cc2ccc(-c3ccc(C#N)cc3)o2)cc1C(C)C. The van der Waals surface area contributed by atoms with Gasteiger partial charge in [-0.1, -0.05) is 26.0 Å². The second kappa shape index (κ2) is 10.8. The molecule has 5 aromatic rings. The Morgan fingerprint density at radius 3 is 2.59 bits per heavy atom. The van der Waals surface area contributed by atoms with Gasteiger partial charge < -0.3 is 9.15 Å². The van der Waals surface area contributed by atoms with Crippen LogP contribution in [-0.4, -0.2) is 22.5 Å². The molecule has 0 saturated heterocycles. The molecule has 7 nitrogen and oxygen atoms in total. The molecule has 2 heterocycles. The first-order valence-corrected chi connectivity index (χ1v) is 12.8. The van der Waals surface area contributed by atoms with Gasteiger partial charge in [-0.25, -0.2) is 4.98 Å². The Morgan fingerprint density at radius 2 is 1.87 bits per heavy atom. The van der Waals surface area contributed by atoms with Crippen LogP contribution in [0.25, 0.3) is 33.6 Å². The molecular formula is C32H28N4O3. The average Bonchev–Trinajstić information content (AvgIpc) is 3.42. The second-order valence-electron chi connectivity index (χ2n) is 9.50. The normalized spacial score (nSPS) is 11.4. The fourth-order valence-electron chi connectivity index (χ4n) is 4.48. The zero-order valence-corrected chi connectivity index (χ0v) is 22.3. The molecule has 0 aliphatic carbocycles. The third-order valence-electron chi connectivity index (χ3n) is 6.50. The summed E-state index contributed by atoms with van der Waals surface area (Å²) in [5.41, 5.74) is 4.51. The molecule has 0 aliphatic heterocycles. The number of hydrogen-bond acceptors (Lipinski definition) is 6. The molecule has 0 saturated carbocycles. The first-order chi connectivity index (χ1) is 18.9. The number of rotatable bonds is 7. The van der Waals surface area contributed by atoms with Gasteiger partial charge in [-0.05, 0) is 91.6 Å². The Labute approximate surface area is 226 Å². The number of aryl methyl sites for hydroxylation is 1. The quantitative estimate of drug-likeness (QED) is 0.219. The van der Waals surface area contributed by atoms with Gasteiger partial charge in [0.05, 0.1) is 35.4 Å². The van der Waals surface area contributed by atoms with Crippen LogP contribution in [0.3, 0.4) is 0 Å². The van der Waals surface area contributed by atoms with Crippen molar-refractivity contribution >= 4 is 17.1 Å². The Bertz CT molecular complexity index is 1790. The maximum atomic E-state index is 13.7. The van der Waals surface area contributed by atoms with Crippen LogP contribution in [-0.2, 0) is 0 Å². The van der Waals surface area contributed by atoms with Crippen molar-refractivity contribution in [2.24, 2.45) is 5.10 Å². The molecule has 0 amide bonds. The van der Waals surface area contributed by atoms with Crippen molar-refractivity contribution < 1.29 is 9.15 Å². The van der Waals surface area contributed by atoms with Gasteiger partial charge in [-0.2, -0.15) is 15.0 Å². The highest BCUT2D eigenvalue weighted by atomic mass is 16.5. The third-order valence-corrected chi connectivity index (χ3v) is 6.50. The highest BCUT2D eigenvalue weighted by molar-refractivity contribution is 5.82. The highest BCUT2D eigenvalue weighted by Gasteiger charge is 2.18. The minimum absolute atomic E-state index is 0.207. The first-order valence-electron chi connectivity index (χ1n) is 12.8. The summed E-state index contributed by atoms with van der Waals surface area (Å²) in [4.78, 5) is 18.5. The van der Waals surface area contributed by atoms with E-state index in [9.17, 15) is 4.79 Å². The van der Waals surface area contributed by atoms with Crippen molar-refractivity contribution in [3.8, 4) is 34.5 Å². The minimum Gasteiger partial charge on any atom is -0.494 e. The molecule has 39 heavy (non-hydrogen) atoms. The van der Waals surface area contributed by atoms with Gasteiger partial charge in [0, 0.05) is 11.1 Å². The van der Waals surface area contributed by atoms with Crippen molar-refractivity contribution in [1.82, 2.24) is 9.66 Å². The Hall–Kier alpha value is -4.96. The van der Waals surface area contributed by atoms with Gasteiger partial charge >= 0.3 is 0 Å². The Morgan fingerprint density at radius 1 is 1.10 bits per heavy atom. The first kappa shape index (κ1) is 25.7. The number of furan rings is 1. The lowest BCUT2D eigenvalue weighted by Gasteiger charge is -2.18. The van der Waals surface area contributed by atoms with E-state index in [1.165, 1.54) is 10.9 Å². The zero-order valence-electron chi connectivity index (χ0n) is 22.3. The molecule has 3 aromatic carbocycles. The minimum atomic E-state index is -0.273. The standard InChI is InChI=1S/C32H28N4O3/c1-5-38-30-16-21(4)27(17-26(30)20(2)3)31-35-28-9-7-6-8-25(28)32(37)36(31)34-19-24-14-15-29(39-24)23-12-10-22(18-33)11-13-23/h6-17,19-20H,5H2,1-4H3. The van der Waals surface area contributed by atoms with Crippen LogP contribution in [0.1, 0.15) is 49.1 Å². The predicted octanol–water partition coefficient (Wildman–Crippen LogP) is 6.91. The Kier molecular flexibility index (Phi) is 7.11. The molecule has 0 spiro atoms. The summed E-state index contributed by atoms with van der Waals surface area (Å²) < 4.78 is 13.2. The van der Waals surface area contributed by atoms with E-state index >= 15 is 0 Å². The molecule has 194 valence electrons. The maximum Gasteiger partial charge on any atom is 0.282 e. The summed E-state index contributed by atoms with van der Waals surface area (Å²) >= 11 is 0. The lowest BCUT2D eigenvalue weighted by molar-refractivity contribution is 0.335. The number of ether oxygens (including phenoxy) is 1. The molecule has 0 atom stereocenters. The summed E-state index contributed by atoms with van der Waals surface area (Å²) in [6.07, 6.45) is 1.52. The molecule has 0 radical (unpaired) electrons. The van der Waals surface area contributed by atoms with Gasteiger partial charge in [-0.3, -0.25) is 4.79 Å². The molecule has 0 N–H and O–H groups in total. The van der Waals surface area contributed by atoms with Crippen LogP contribution < -0.4 is 10.3 Å². The molecule has 7 heteroatoms. The average molecular weight is 517 g/mol. The van der Waals surface area contributed by atoms with Crippen LogP contribution in [0.2, 0.25) is 0 Å². The Balaban J connectivity index is 1.63. The number of para-hydroxylation sites is 1. The molecular weight excluding hydrogens is 488 g/mol. The summed E-state index contributed by atoms with van der Waals surface area (Å²) in [5.74, 6) is 2.59. The summed E-state index contributed by atoms with van der Waals surface area (Å²) in [6, 6.07) is 24.2. The molecule has 0 bridgehead atoms. The topological polar surface area (TPSA) is 93.4 Å². The number of fused-ring (bicyclic) bond motifs is 1.